The minimum atomic E-state index is -0.241. The molecule has 0 unspecified atom stereocenters. The van der Waals surface area contributed by atoms with Gasteiger partial charge in [0.05, 0.1) is 0 Å². The van der Waals surface area contributed by atoms with Crippen molar-refractivity contribution in [1.82, 2.24) is 4.98 Å². The van der Waals surface area contributed by atoms with Gasteiger partial charge in [-0.3, -0.25) is 0 Å². The van der Waals surface area contributed by atoms with Gasteiger partial charge in [-0.15, -0.1) is 0 Å². The van der Waals surface area contributed by atoms with Crippen molar-refractivity contribution < 1.29 is 4.74 Å². The lowest BCUT2D eigenvalue weighted by molar-refractivity contribution is 0.129. The molecule has 128 valence electrons. The predicted molar refractivity (Wildman–Crippen MR) is 107 cm³/mol. The first-order chi connectivity index (χ1) is 12.0. The lowest BCUT2D eigenvalue weighted by Crippen LogP contribution is -2.31. The summed E-state index contributed by atoms with van der Waals surface area (Å²) < 4.78 is 6.43. The van der Waals surface area contributed by atoms with Crippen LogP contribution < -0.4 is 4.74 Å². The maximum absolute atomic E-state index is 6.43. The van der Waals surface area contributed by atoms with E-state index in [4.69, 9.17) is 4.74 Å². The summed E-state index contributed by atoms with van der Waals surface area (Å²) in [6.07, 6.45) is 8.78. The van der Waals surface area contributed by atoms with Gasteiger partial charge < -0.3 is 9.72 Å². The van der Waals surface area contributed by atoms with E-state index in [1.807, 2.05) is 0 Å². The number of ether oxygens (including phenoxy) is 1. The second kappa shape index (κ2) is 5.80. The Kier molecular flexibility index (Phi) is 3.72. The average Bonchev–Trinajstić information content (AvgIpc) is 2.92. The fourth-order valence-corrected chi connectivity index (χ4v) is 3.69. The molecule has 2 heteroatoms. The van der Waals surface area contributed by atoms with Crippen molar-refractivity contribution in [1.29, 1.82) is 0 Å². The number of H-pyrrole nitrogens is 1. The second-order valence-corrected chi connectivity index (χ2v) is 7.64. The Balaban J connectivity index is 1.78. The number of hydrogen-bond donors (Lipinski definition) is 1. The van der Waals surface area contributed by atoms with Crippen LogP contribution in [-0.4, -0.2) is 10.6 Å². The molecular formula is C23H25NO. The van der Waals surface area contributed by atoms with Gasteiger partial charge in [-0.05, 0) is 70.9 Å². The summed E-state index contributed by atoms with van der Waals surface area (Å²) in [5.74, 6) is 0.983. The summed E-state index contributed by atoms with van der Waals surface area (Å²) in [6, 6.07) is 10.8. The Morgan fingerprint density at radius 1 is 1.16 bits per heavy atom. The molecule has 2 nitrogen and oxygen atoms in total. The van der Waals surface area contributed by atoms with Crippen LogP contribution in [0.4, 0.5) is 0 Å². The number of hydrogen-bond acceptors (Lipinski definition) is 1. The van der Waals surface area contributed by atoms with Gasteiger partial charge in [0.2, 0.25) is 0 Å². The Labute approximate surface area is 149 Å². The topological polar surface area (TPSA) is 25.0 Å². The fraction of sp³-hybridized carbons (Fsp3) is 0.304. The van der Waals surface area contributed by atoms with Gasteiger partial charge in [-0.1, -0.05) is 29.4 Å². The Hall–Kier alpha value is -2.48. The number of aromatic amines is 1. The molecule has 1 aliphatic rings. The lowest BCUT2D eigenvalue weighted by Gasteiger charge is -2.31. The predicted octanol–water partition coefficient (Wildman–Crippen LogP) is 6.54. The standard InChI is InChI=1S/C23H25NO/c1-15(2)6-5-12-23(4)13-11-17-21(25-23)10-9-20-22(17)18-14-16(3)7-8-19(18)24-20/h6-11,13-14,24H,5,12H2,1-4H3/t23-/m1/s1. The van der Waals surface area contributed by atoms with E-state index in [2.05, 4.69) is 81.2 Å². The first kappa shape index (κ1) is 16.0. The van der Waals surface area contributed by atoms with Gasteiger partial charge in [0.15, 0.2) is 0 Å². The molecule has 2 heterocycles. The van der Waals surface area contributed by atoms with E-state index < -0.39 is 0 Å². The van der Waals surface area contributed by atoms with E-state index in [0.717, 1.165) is 18.6 Å². The minimum absolute atomic E-state index is 0.241. The molecule has 1 aliphatic heterocycles. The van der Waals surface area contributed by atoms with Crippen LogP contribution in [0.1, 0.15) is 44.7 Å². The molecule has 0 bridgehead atoms. The van der Waals surface area contributed by atoms with Crippen LogP contribution in [0.3, 0.4) is 0 Å². The molecule has 1 atom stereocenters. The number of benzene rings is 2. The number of allylic oxidation sites excluding steroid dienone is 2. The smallest absolute Gasteiger partial charge is 0.128 e. The summed E-state index contributed by atoms with van der Waals surface area (Å²) in [5.41, 5.74) is 5.93. The normalized spacial score (nSPS) is 19.0. The quantitative estimate of drug-likeness (QED) is 0.541. The monoisotopic (exact) mass is 331 g/mol. The average molecular weight is 331 g/mol. The molecule has 4 rings (SSSR count). The van der Waals surface area contributed by atoms with Crippen LogP contribution in [0, 0.1) is 6.92 Å². The van der Waals surface area contributed by atoms with E-state index in [1.165, 1.54) is 38.5 Å². The summed E-state index contributed by atoms with van der Waals surface area (Å²) in [7, 11) is 0. The van der Waals surface area contributed by atoms with E-state index >= 15 is 0 Å². The van der Waals surface area contributed by atoms with Gasteiger partial charge in [-0.25, -0.2) is 0 Å². The van der Waals surface area contributed by atoms with Crippen molar-refractivity contribution in [2.24, 2.45) is 0 Å². The molecular weight excluding hydrogens is 306 g/mol. The number of aromatic nitrogens is 1. The third-order valence-corrected chi connectivity index (χ3v) is 5.06. The van der Waals surface area contributed by atoms with Crippen LogP contribution in [0.2, 0.25) is 0 Å². The zero-order chi connectivity index (χ0) is 17.6. The van der Waals surface area contributed by atoms with Gasteiger partial charge >= 0.3 is 0 Å². The first-order valence-electron chi connectivity index (χ1n) is 9.02. The SMILES string of the molecule is CC(C)=CCC[C@]1(C)C=Cc2c(ccc3[nH]c4ccc(C)cc4c23)O1. The summed E-state index contributed by atoms with van der Waals surface area (Å²) in [5, 5.41) is 2.53. The largest absolute Gasteiger partial charge is 0.483 e. The van der Waals surface area contributed by atoms with Gasteiger partial charge in [0, 0.05) is 27.4 Å². The second-order valence-electron chi connectivity index (χ2n) is 7.64. The number of nitrogens with one attached hydrogen (secondary N) is 1. The maximum atomic E-state index is 6.43. The van der Waals surface area contributed by atoms with Crippen molar-refractivity contribution in [3.05, 3.63) is 59.2 Å². The summed E-state index contributed by atoms with van der Waals surface area (Å²) in [6.45, 7) is 8.60. The minimum Gasteiger partial charge on any atom is -0.483 e. The van der Waals surface area contributed by atoms with Gasteiger partial charge in [0.1, 0.15) is 11.4 Å². The molecule has 25 heavy (non-hydrogen) atoms. The molecule has 0 saturated heterocycles. The number of aryl methyl sites for hydroxylation is 1. The van der Waals surface area contributed by atoms with Crippen molar-refractivity contribution >= 4 is 27.9 Å². The number of rotatable bonds is 3. The Morgan fingerprint density at radius 3 is 2.76 bits per heavy atom. The third kappa shape index (κ3) is 2.86. The van der Waals surface area contributed by atoms with Crippen molar-refractivity contribution in [3.63, 3.8) is 0 Å². The van der Waals surface area contributed by atoms with Crippen molar-refractivity contribution in [2.75, 3.05) is 0 Å². The first-order valence-corrected chi connectivity index (χ1v) is 9.02. The Bertz CT molecular complexity index is 1020. The molecule has 1 N–H and O–H groups in total. The van der Waals surface area contributed by atoms with Crippen molar-refractivity contribution in [3.8, 4) is 5.75 Å². The lowest BCUT2D eigenvalue weighted by atomic mass is 9.93. The maximum Gasteiger partial charge on any atom is 0.128 e. The van der Waals surface area contributed by atoms with Crippen LogP contribution >= 0.6 is 0 Å². The molecule has 1 aromatic heterocycles. The molecule has 0 spiro atoms. The van der Waals surface area contributed by atoms with Crippen molar-refractivity contribution in [2.45, 2.75) is 46.1 Å². The molecule has 0 amide bonds. The van der Waals surface area contributed by atoms with E-state index in [9.17, 15) is 0 Å². The van der Waals surface area contributed by atoms with E-state index in [1.54, 1.807) is 0 Å². The Morgan fingerprint density at radius 2 is 1.96 bits per heavy atom. The molecule has 0 aliphatic carbocycles. The highest BCUT2D eigenvalue weighted by Gasteiger charge is 2.28. The van der Waals surface area contributed by atoms with Crippen LogP contribution in [-0.2, 0) is 0 Å². The highest BCUT2D eigenvalue weighted by Crippen LogP contribution is 2.40. The van der Waals surface area contributed by atoms with Gasteiger partial charge in [0.25, 0.3) is 0 Å². The fourth-order valence-electron chi connectivity index (χ4n) is 3.69. The molecule has 0 saturated carbocycles. The van der Waals surface area contributed by atoms with E-state index in [-0.39, 0.29) is 5.60 Å². The van der Waals surface area contributed by atoms with Crippen LogP contribution in [0.5, 0.6) is 5.75 Å². The zero-order valence-corrected chi connectivity index (χ0v) is 15.4. The zero-order valence-electron chi connectivity index (χ0n) is 15.4. The van der Waals surface area contributed by atoms with Gasteiger partial charge in [-0.2, -0.15) is 0 Å². The molecule has 0 fully saturated rings. The third-order valence-electron chi connectivity index (χ3n) is 5.06. The number of fused-ring (bicyclic) bond motifs is 5. The summed E-state index contributed by atoms with van der Waals surface area (Å²) in [4.78, 5) is 3.53. The molecule has 2 aromatic carbocycles. The van der Waals surface area contributed by atoms with E-state index in [0.29, 0.717) is 0 Å². The summed E-state index contributed by atoms with van der Waals surface area (Å²) >= 11 is 0. The molecule has 3 aromatic rings. The highest BCUT2D eigenvalue weighted by atomic mass is 16.5. The molecule has 0 radical (unpaired) electrons. The highest BCUT2D eigenvalue weighted by molar-refractivity contribution is 6.12. The van der Waals surface area contributed by atoms with Crippen LogP contribution in [0.25, 0.3) is 27.9 Å². The van der Waals surface area contributed by atoms with Crippen LogP contribution in [0.15, 0.2) is 48.1 Å².